The maximum Gasteiger partial charge on any atom is 0.231 e. The van der Waals surface area contributed by atoms with Crippen LogP contribution >= 0.6 is 11.3 Å². The van der Waals surface area contributed by atoms with Crippen molar-refractivity contribution in [2.75, 3.05) is 23.3 Å². The third-order valence-corrected chi connectivity index (χ3v) is 6.69. The van der Waals surface area contributed by atoms with Gasteiger partial charge in [0, 0.05) is 24.8 Å². The van der Waals surface area contributed by atoms with Crippen LogP contribution in [0.1, 0.15) is 29.8 Å². The Balaban J connectivity index is 1.31. The molecular weight excluding hydrogens is 422 g/mol. The number of carbonyl (C=O) groups is 1. The summed E-state index contributed by atoms with van der Waals surface area (Å²) in [7, 11) is 0. The van der Waals surface area contributed by atoms with E-state index in [1.807, 2.05) is 42.8 Å². The number of hydrogen-bond acceptors (Lipinski definition) is 7. The van der Waals surface area contributed by atoms with Gasteiger partial charge < -0.3 is 10.2 Å². The summed E-state index contributed by atoms with van der Waals surface area (Å²) in [6.07, 6.45) is 3.34. The molecule has 9 heteroatoms. The molecule has 8 nitrogen and oxygen atoms in total. The summed E-state index contributed by atoms with van der Waals surface area (Å²) in [5, 5.41) is 8.21. The molecular formula is C23H25N7OS. The minimum absolute atomic E-state index is 0.0123. The highest BCUT2D eigenvalue weighted by atomic mass is 32.1. The third kappa shape index (κ3) is 4.08. The van der Waals surface area contributed by atoms with Gasteiger partial charge in [0.05, 0.1) is 21.8 Å². The van der Waals surface area contributed by atoms with Gasteiger partial charge in [-0.15, -0.1) is 0 Å². The number of amides is 1. The lowest BCUT2D eigenvalue weighted by Gasteiger charge is -2.32. The molecule has 1 amide bonds. The molecule has 1 saturated heterocycles. The minimum atomic E-state index is -0.121. The van der Waals surface area contributed by atoms with E-state index in [9.17, 15) is 4.79 Å². The van der Waals surface area contributed by atoms with Gasteiger partial charge >= 0.3 is 0 Å². The normalized spacial score (nSPS) is 16.5. The van der Waals surface area contributed by atoms with Crippen LogP contribution in [0.4, 0.5) is 10.9 Å². The Labute approximate surface area is 190 Å². The van der Waals surface area contributed by atoms with Crippen molar-refractivity contribution < 1.29 is 4.79 Å². The Morgan fingerprint density at radius 2 is 1.97 bits per heavy atom. The van der Waals surface area contributed by atoms with Crippen LogP contribution in [0, 0.1) is 26.7 Å². The molecule has 4 aromatic rings. The number of carbonyl (C=O) groups excluding carboxylic acids is 1. The van der Waals surface area contributed by atoms with E-state index in [1.54, 1.807) is 6.33 Å². The topological polar surface area (TPSA) is 88.8 Å². The smallest absolute Gasteiger partial charge is 0.231 e. The maximum absolute atomic E-state index is 13.0. The number of nitrogens with zero attached hydrogens (tertiary/aromatic N) is 6. The second-order valence-corrected chi connectivity index (χ2v) is 9.37. The van der Waals surface area contributed by atoms with E-state index in [0.717, 1.165) is 52.6 Å². The van der Waals surface area contributed by atoms with Crippen LogP contribution in [0.3, 0.4) is 0 Å². The number of benzene rings is 1. The number of nitrogens with one attached hydrogen (secondary N) is 1. The molecule has 1 aromatic carbocycles. The first-order valence-electron chi connectivity index (χ1n) is 10.7. The highest BCUT2D eigenvalue weighted by Gasteiger charge is 2.27. The molecule has 5 rings (SSSR count). The van der Waals surface area contributed by atoms with Crippen molar-refractivity contribution >= 4 is 38.4 Å². The van der Waals surface area contributed by atoms with Gasteiger partial charge in [-0.3, -0.25) is 4.79 Å². The van der Waals surface area contributed by atoms with Crippen molar-refractivity contribution in [2.24, 2.45) is 5.92 Å². The first kappa shape index (κ1) is 20.6. The molecule has 3 aromatic heterocycles. The van der Waals surface area contributed by atoms with Gasteiger partial charge in [-0.05, 0) is 57.4 Å². The van der Waals surface area contributed by atoms with Crippen LogP contribution in [-0.2, 0) is 4.79 Å². The number of fused-ring (bicyclic) bond motifs is 1. The zero-order valence-electron chi connectivity index (χ0n) is 18.4. The molecule has 0 radical (unpaired) electrons. The van der Waals surface area contributed by atoms with Crippen LogP contribution in [-0.4, -0.2) is 43.7 Å². The quantitative estimate of drug-likeness (QED) is 0.508. The van der Waals surface area contributed by atoms with Crippen LogP contribution in [0.2, 0.25) is 0 Å². The Bertz CT molecular complexity index is 1290. The van der Waals surface area contributed by atoms with Gasteiger partial charge in [-0.25, -0.2) is 19.6 Å². The lowest BCUT2D eigenvalue weighted by Crippen LogP contribution is -2.41. The van der Waals surface area contributed by atoms with E-state index in [1.165, 1.54) is 16.9 Å². The van der Waals surface area contributed by atoms with E-state index in [-0.39, 0.29) is 11.8 Å². The molecule has 1 fully saturated rings. The van der Waals surface area contributed by atoms with Gasteiger partial charge in [0.2, 0.25) is 5.91 Å². The molecule has 1 unspecified atom stereocenters. The molecule has 4 heterocycles. The van der Waals surface area contributed by atoms with Crippen molar-refractivity contribution in [1.29, 1.82) is 0 Å². The average Bonchev–Trinajstić information content (AvgIpc) is 3.34. The van der Waals surface area contributed by atoms with E-state index in [4.69, 9.17) is 0 Å². The highest BCUT2D eigenvalue weighted by Crippen LogP contribution is 2.28. The predicted octanol–water partition coefficient (Wildman–Crippen LogP) is 4.05. The van der Waals surface area contributed by atoms with Gasteiger partial charge in [0.25, 0.3) is 0 Å². The van der Waals surface area contributed by atoms with Crippen molar-refractivity contribution in [3.05, 3.63) is 53.6 Å². The second-order valence-electron chi connectivity index (χ2n) is 8.34. The standard InChI is InChI=1S/C23H25N7OS/c1-14-6-7-18-19(9-14)32-23(26-18)27-22(31)17-5-4-8-29(12-17)20-11-21(25-13-24-20)30-16(3)10-15(2)28-30/h6-7,9-11,13,17H,4-5,8,12H2,1-3H3,(H,26,27,31). The number of anilines is 2. The fourth-order valence-corrected chi connectivity index (χ4v) is 5.15. The Hall–Kier alpha value is -3.33. The number of rotatable bonds is 4. The molecule has 0 bridgehead atoms. The van der Waals surface area contributed by atoms with Crippen molar-refractivity contribution in [3.8, 4) is 5.82 Å². The lowest BCUT2D eigenvalue weighted by atomic mass is 9.97. The van der Waals surface area contributed by atoms with Crippen LogP contribution in [0.5, 0.6) is 0 Å². The van der Waals surface area contributed by atoms with Crippen LogP contribution in [0.25, 0.3) is 16.0 Å². The predicted molar refractivity (Wildman–Crippen MR) is 127 cm³/mol. The molecule has 1 aliphatic heterocycles. The number of aryl methyl sites for hydroxylation is 3. The average molecular weight is 448 g/mol. The van der Waals surface area contributed by atoms with Crippen LogP contribution < -0.4 is 10.2 Å². The van der Waals surface area contributed by atoms with Crippen LogP contribution in [0.15, 0.2) is 36.7 Å². The van der Waals surface area contributed by atoms with E-state index in [0.29, 0.717) is 11.7 Å². The number of piperidine rings is 1. The molecule has 32 heavy (non-hydrogen) atoms. The molecule has 164 valence electrons. The Morgan fingerprint density at radius 1 is 1.12 bits per heavy atom. The second kappa shape index (κ2) is 8.31. The zero-order chi connectivity index (χ0) is 22.2. The SMILES string of the molecule is Cc1ccc2nc(NC(=O)C3CCCN(c4cc(-n5nc(C)cc5C)ncn4)C3)sc2c1. The summed E-state index contributed by atoms with van der Waals surface area (Å²) >= 11 is 1.52. The number of aromatic nitrogens is 5. The maximum atomic E-state index is 13.0. The minimum Gasteiger partial charge on any atom is -0.356 e. The molecule has 0 aliphatic carbocycles. The van der Waals surface area contributed by atoms with Crippen molar-refractivity contribution in [2.45, 2.75) is 33.6 Å². The fraction of sp³-hybridized carbons (Fsp3) is 0.348. The van der Waals surface area contributed by atoms with Crippen molar-refractivity contribution in [1.82, 2.24) is 24.7 Å². The summed E-state index contributed by atoms with van der Waals surface area (Å²) in [6.45, 7) is 7.50. The molecule has 1 N–H and O–H groups in total. The summed E-state index contributed by atoms with van der Waals surface area (Å²) in [4.78, 5) is 28.6. The molecule has 0 spiro atoms. The molecule has 1 atom stereocenters. The Kier molecular flexibility index (Phi) is 5.34. The summed E-state index contributed by atoms with van der Waals surface area (Å²) in [6, 6.07) is 10.1. The highest BCUT2D eigenvalue weighted by molar-refractivity contribution is 7.22. The number of hydrogen-bond donors (Lipinski definition) is 1. The van der Waals surface area contributed by atoms with Gasteiger partial charge in [0.1, 0.15) is 12.1 Å². The van der Waals surface area contributed by atoms with E-state index >= 15 is 0 Å². The summed E-state index contributed by atoms with van der Waals surface area (Å²) < 4.78 is 2.91. The number of thiazole rings is 1. The zero-order valence-corrected chi connectivity index (χ0v) is 19.2. The lowest BCUT2D eigenvalue weighted by molar-refractivity contribution is -0.120. The monoisotopic (exact) mass is 447 g/mol. The third-order valence-electron chi connectivity index (χ3n) is 5.76. The van der Waals surface area contributed by atoms with Gasteiger partial charge in [-0.1, -0.05) is 17.4 Å². The molecule has 0 saturated carbocycles. The van der Waals surface area contributed by atoms with E-state index < -0.39 is 0 Å². The first-order chi connectivity index (χ1) is 15.5. The summed E-state index contributed by atoms with van der Waals surface area (Å²) in [5.41, 5.74) is 4.07. The molecule has 1 aliphatic rings. The Morgan fingerprint density at radius 3 is 2.78 bits per heavy atom. The first-order valence-corrected chi connectivity index (χ1v) is 11.6. The largest absolute Gasteiger partial charge is 0.356 e. The van der Waals surface area contributed by atoms with Crippen molar-refractivity contribution in [3.63, 3.8) is 0 Å². The van der Waals surface area contributed by atoms with Gasteiger partial charge in [-0.2, -0.15) is 5.10 Å². The fourth-order valence-electron chi connectivity index (χ4n) is 4.18. The summed E-state index contributed by atoms with van der Waals surface area (Å²) in [5.74, 6) is 1.44. The van der Waals surface area contributed by atoms with E-state index in [2.05, 4.69) is 43.3 Å². The van der Waals surface area contributed by atoms with Gasteiger partial charge in [0.15, 0.2) is 10.9 Å².